The molecule has 2 aromatic heterocycles. The second-order valence-electron chi connectivity index (χ2n) is 9.18. The van der Waals surface area contributed by atoms with E-state index in [1.807, 2.05) is 12.1 Å². The molecule has 0 spiro atoms. The van der Waals surface area contributed by atoms with Gasteiger partial charge in [0.1, 0.15) is 6.33 Å². The molecule has 2 fully saturated rings. The van der Waals surface area contributed by atoms with Gasteiger partial charge in [0.05, 0.1) is 36.8 Å². The highest BCUT2D eigenvalue weighted by atomic mass is 16.5. The van der Waals surface area contributed by atoms with Crippen LogP contribution in [-0.4, -0.2) is 76.9 Å². The van der Waals surface area contributed by atoms with Crippen LogP contribution in [0.3, 0.4) is 0 Å². The average Bonchev–Trinajstić information content (AvgIpc) is 3.64. The number of anilines is 4. The molecule has 1 saturated carbocycles. The first-order chi connectivity index (χ1) is 18.4. The zero-order valence-corrected chi connectivity index (χ0v) is 21.7. The minimum Gasteiger partial charge on any atom is -0.494 e. The van der Waals surface area contributed by atoms with Gasteiger partial charge in [-0.15, -0.1) is 10.2 Å². The Morgan fingerprint density at radius 1 is 1.10 bits per heavy atom. The smallest absolute Gasteiger partial charge is 0.361 e. The second kappa shape index (κ2) is 11.6. The lowest BCUT2D eigenvalue weighted by Crippen LogP contribution is -2.51. The number of aryl methyl sites for hydroxylation is 1. The topological polar surface area (TPSA) is 146 Å². The van der Waals surface area contributed by atoms with E-state index < -0.39 is 5.97 Å². The lowest BCUT2D eigenvalue weighted by Gasteiger charge is -2.40. The number of esters is 1. The van der Waals surface area contributed by atoms with Gasteiger partial charge < -0.3 is 29.7 Å². The van der Waals surface area contributed by atoms with Crippen molar-refractivity contribution in [3.05, 3.63) is 30.2 Å². The fraction of sp³-hybridized carbons (Fsp3) is 0.462. The molecule has 2 N–H and O–H groups in total. The largest absolute Gasteiger partial charge is 0.494 e. The summed E-state index contributed by atoms with van der Waals surface area (Å²) in [4.78, 5) is 31.6. The molecule has 5 rings (SSSR count). The normalized spacial score (nSPS) is 14.7. The number of hydrogen-bond acceptors (Lipinski definition) is 11. The highest BCUT2D eigenvalue weighted by Crippen LogP contribution is 2.42. The quantitative estimate of drug-likeness (QED) is 0.367. The molecule has 3 aromatic rings. The molecule has 1 saturated heterocycles. The third kappa shape index (κ3) is 5.93. The number of carbonyl (C=O) groups excluding carboxylic acids is 2. The van der Waals surface area contributed by atoms with E-state index in [1.165, 1.54) is 0 Å². The number of carbonyl (C=O) groups is 2. The van der Waals surface area contributed by atoms with Crippen molar-refractivity contribution in [2.24, 2.45) is 13.0 Å². The summed E-state index contributed by atoms with van der Waals surface area (Å²) in [6.07, 6.45) is 3.45. The number of benzene rings is 1. The summed E-state index contributed by atoms with van der Waals surface area (Å²) < 4.78 is 18.1. The molecule has 1 aliphatic heterocycles. The fourth-order valence-corrected chi connectivity index (χ4v) is 4.15. The average molecular weight is 539 g/mol. The van der Waals surface area contributed by atoms with Crippen LogP contribution in [0.1, 0.15) is 37.7 Å². The summed E-state index contributed by atoms with van der Waals surface area (Å²) in [5.41, 5.74) is 2.39. The third-order valence-electron chi connectivity index (χ3n) is 6.40. The number of rotatable bonds is 10. The van der Waals surface area contributed by atoms with Crippen LogP contribution in [0.15, 0.2) is 24.5 Å². The van der Waals surface area contributed by atoms with Gasteiger partial charge in [-0.05, 0) is 31.9 Å². The summed E-state index contributed by atoms with van der Waals surface area (Å²) in [5.74, 6) is 0.394. The maximum absolute atomic E-state index is 12.7. The standard InChI is InChI=1S/C25H30N8O5.CH4/c1-5-38-25(35)21-18(10-20(29-30-21)28-24(34)14-6-7-14)27-19-9-15(33-11-16(12-33)36-3)8-17(22(19)37-4)23-26-13-32(2)31-23;/h8-10,13-14,16H,5-7,11-12H2,1-4H3,(H2,27,28,29,34);1H4. The summed E-state index contributed by atoms with van der Waals surface area (Å²) >= 11 is 0. The molecule has 3 heterocycles. The number of amides is 1. The molecule has 0 bridgehead atoms. The van der Waals surface area contributed by atoms with Gasteiger partial charge in [0.2, 0.25) is 5.91 Å². The van der Waals surface area contributed by atoms with Crippen molar-refractivity contribution in [1.29, 1.82) is 0 Å². The van der Waals surface area contributed by atoms with E-state index in [-0.39, 0.29) is 43.5 Å². The summed E-state index contributed by atoms with van der Waals surface area (Å²) in [6.45, 7) is 3.32. The van der Waals surface area contributed by atoms with Gasteiger partial charge in [0, 0.05) is 44.9 Å². The Morgan fingerprint density at radius 2 is 1.87 bits per heavy atom. The molecule has 13 heteroatoms. The zero-order chi connectivity index (χ0) is 26.8. The molecule has 0 unspecified atom stereocenters. The van der Waals surface area contributed by atoms with Gasteiger partial charge in [0.15, 0.2) is 23.1 Å². The lowest BCUT2D eigenvalue weighted by molar-refractivity contribution is -0.117. The Labute approximate surface area is 226 Å². The van der Waals surface area contributed by atoms with Crippen molar-refractivity contribution in [3.63, 3.8) is 0 Å². The van der Waals surface area contributed by atoms with Crippen molar-refractivity contribution in [3.8, 4) is 17.1 Å². The molecule has 39 heavy (non-hydrogen) atoms. The van der Waals surface area contributed by atoms with Crippen LogP contribution >= 0.6 is 0 Å². The highest BCUT2D eigenvalue weighted by molar-refractivity contribution is 5.98. The fourth-order valence-electron chi connectivity index (χ4n) is 4.15. The van der Waals surface area contributed by atoms with E-state index >= 15 is 0 Å². The molecule has 208 valence electrons. The van der Waals surface area contributed by atoms with Gasteiger partial charge in [-0.2, -0.15) is 5.10 Å². The van der Waals surface area contributed by atoms with Gasteiger partial charge in [0.25, 0.3) is 0 Å². The van der Waals surface area contributed by atoms with E-state index in [0.717, 1.165) is 31.6 Å². The Hall–Kier alpha value is -4.26. The zero-order valence-electron chi connectivity index (χ0n) is 21.7. The first-order valence-electron chi connectivity index (χ1n) is 12.4. The monoisotopic (exact) mass is 538 g/mol. The number of hydrogen-bond donors (Lipinski definition) is 2. The minimum absolute atomic E-state index is 0. The van der Waals surface area contributed by atoms with Crippen LogP contribution in [0.4, 0.5) is 22.9 Å². The van der Waals surface area contributed by atoms with Crippen LogP contribution in [0.25, 0.3) is 11.4 Å². The Morgan fingerprint density at radius 3 is 2.49 bits per heavy atom. The summed E-state index contributed by atoms with van der Waals surface area (Å²) in [7, 11) is 5.03. The molecule has 1 amide bonds. The predicted molar refractivity (Wildman–Crippen MR) is 145 cm³/mol. The Bertz CT molecular complexity index is 1350. The van der Waals surface area contributed by atoms with E-state index in [9.17, 15) is 9.59 Å². The van der Waals surface area contributed by atoms with Crippen molar-refractivity contribution >= 4 is 34.8 Å². The molecular weight excluding hydrogens is 504 g/mol. The predicted octanol–water partition coefficient (Wildman–Crippen LogP) is 3.02. The number of ether oxygens (including phenoxy) is 3. The number of nitrogens with zero attached hydrogens (tertiary/aromatic N) is 6. The van der Waals surface area contributed by atoms with Crippen LogP contribution < -0.4 is 20.3 Å². The third-order valence-corrected chi connectivity index (χ3v) is 6.40. The summed E-state index contributed by atoms with van der Waals surface area (Å²) in [5, 5.41) is 18.6. The highest BCUT2D eigenvalue weighted by Gasteiger charge is 2.31. The van der Waals surface area contributed by atoms with Gasteiger partial charge in [-0.25, -0.2) is 9.78 Å². The Kier molecular flexibility index (Phi) is 8.29. The Balaban J connectivity index is 0.00000353. The number of nitrogens with one attached hydrogen (secondary N) is 2. The van der Waals surface area contributed by atoms with Crippen molar-refractivity contribution in [1.82, 2.24) is 25.0 Å². The van der Waals surface area contributed by atoms with Crippen LogP contribution in [0.2, 0.25) is 0 Å². The molecule has 0 atom stereocenters. The molecule has 2 aliphatic rings. The maximum atomic E-state index is 12.7. The van der Waals surface area contributed by atoms with Gasteiger partial charge in [-0.1, -0.05) is 7.43 Å². The maximum Gasteiger partial charge on any atom is 0.361 e. The van der Waals surface area contributed by atoms with Crippen LogP contribution in [0, 0.1) is 5.92 Å². The molecule has 13 nitrogen and oxygen atoms in total. The van der Waals surface area contributed by atoms with Crippen LogP contribution in [0.5, 0.6) is 5.75 Å². The second-order valence-corrected chi connectivity index (χ2v) is 9.18. The molecular formula is C26H34N8O5. The minimum atomic E-state index is -0.644. The number of methoxy groups -OCH3 is 2. The van der Waals surface area contributed by atoms with E-state index in [0.29, 0.717) is 28.5 Å². The van der Waals surface area contributed by atoms with Crippen molar-refractivity contribution in [2.45, 2.75) is 33.3 Å². The van der Waals surface area contributed by atoms with E-state index in [1.54, 1.807) is 45.3 Å². The van der Waals surface area contributed by atoms with Crippen molar-refractivity contribution < 1.29 is 23.8 Å². The summed E-state index contributed by atoms with van der Waals surface area (Å²) in [6, 6.07) is 5.44. The van der Waals surface area contributed by atoms with Crippen molar-refractivity contribution in [2.75, 3.05) is 49.4 Å². The first kappa shape index (κ1) is 27.8. The molecule has 0 radical (unpaired) electrons. The van der Waals surface area contributed by atoms with Crippen LogP contribution in [-0.2, 0) is 21.3 Å². The first-order valence-corrected chi connectivity index (χ1v) is 12.4. The van der Waals surface area contributed by atoms with Gasteiger partial charge in [-0.3, -0.25) is 9.48 Å². The van der Waals surface area contributed by atoms with E-state index in [2.05, 4.69) is 35.8 Å². The SMILES string of the molecule is C.CCOC(=O)c1nnc(NC(=O)C2CC2)cc1Nc1cc(N2CC(OC)C2)cc(-c2ncn(C)n2)c1OC. The molecule has 1 aliphatic carbocycles. The lowest BCUT2D eigenvalue weighted by atomic mass is 10.1. The van der Waals surface area contributed by atoms with E-state index in [4.69, 9.17) is 14.2 Å². The van der Waals surface area contributed by atoms with Gasteiger partial charge >= 0.3 is 5.97 Å². The number of aromatic nitrogens is 5. The molecule has 1 aromatic carbocycles.